The molecule has 0 fully saturated rings. The van der Waals surface area contributed by atoms with E-state index < -0.39 is 5.82 Å². The number of hydrogen-bond donors (Lipinski definition) is 1. The van der Waals surface area contributed by atoms with Crippen molar-refractivity contribution in [3.05, 3.63) is 52.0 Å². The van der Waals surface area contributed by atoms with Gasteiger partial charge >= 0.3 is 0 Å². The summed E-state index contributed by atoms with van der Waals surface area (Å²) in [5, 5.41) is 4.90. The number of aryl methyl sites for hydroxylation is 1. The van der Waals surface area contributed by atoms with E-state index in [0.29, 0.717) is 19.4 Å². The molecule has 0 unspecified atom stereocenters. The monoisotopic (exact) mass is 307 g/mol. The maximum Gasteiger partial charge on any atom is 0.220 e. The lowest BCUT2D eigenvalue weighted by Crippen LogP contribution is -2.25. The molecule has 3 nitrogen and oxygen atoms in total. The van der Waals surface area contributed by atoms with Crippen molar-refractivity contribution in [1.82, 2.24) is 5.32 Å². The van der Waals surface area contributed by atoms with Crippen molar-refractivity contribution < 1.29 is 13.9 Å². The second-order valence-corrected chi connectivity index (χ2v) is 5.68. The van der Waals surface area contributed by atoms with Crippen LogP contribution in [-0.4, -0.2) is 19.6 Å². The van der Waals surface area contributed by atoms with Gasteiger partial charge in [-0.2, -0.15) is 0 Å². The molecule has 1 aromatic carbocycles. The van der Waals surface area contributed by atoms with Gasteiger partial charge in [-0.25, -0.2) is 4.39 Å². The summed E-state index contributed by atoms with van der Waals surface area (Å²) >= 11 is 1.69. The Morgan fingerprint density at radius 2 is 2.19 bits per heavy atom. The summed E-state index contributed by atoms with van der Waals surface area (Å²) < 4.78 is 18.4. The first-order chi connectivity index (χ1) is 10.2. The van der Waals surface area contributed by atoms with Gasteiger partial charge in [-0.05, 0) is 42.0 Å². The minimum absolute atomic E-state index is 0.0113. The first kappa shape index (κ1) is 15.5. The molecule has 0 bridgehead atoms. The molecule has 0 aliphatic rings. The topological polar surface area (TPSA) is 38.3 Å². The molecule has 1 N–H and O–H groups in total. The number of carbonyl (C=O) groups is 1. The average molecular weight is 307 g/mol. The molecule has 0 aliphatic carbocycles. The SMILES string of the molecule is COc1ccc(CCC(=O)NCCc2cccs2)cc1F. The van der Waals surface area contributed by atoms with Crippen molar-refractivity contribution in [2.24, 2.45) is 0 Å². The van der Waals surface area contributed by atoms with Gasteiger partial charge in [0.05, 0.1) is 7.11 Å². The van der Waals surface area contributed by atoms with Crippen LogP contribution in [-0.2, 0) is 17.6 Å². The first-order valence-corrected chi connectivity index (χ1v) is 7.68. The molecule has 21 heavy (non-hydrogen) atoms. The fourth-order valence-electron chi connectivity index (χ4n) is 1.99. The Morgan fingerprint density at radius 1 is 1.33 bits per heavy atom. The van der Waals surface area contributed by atoms with Gasteiger partial charge in [0.15, 0.2) is 11.6 Å². The normalized spacial score (nSPS) is 10.4. The number of benzene rings is 1. The Labute approximate surface area is 127 Å². The summed E-state index contributed by atoms with van der Waals surface area (Å²) in [5.41, 5.74) is 0.793. The minimum Gasteiger partial charge on any atom is -0.494 e. The zero-order valence-corrected chi connectivity index (χ0v) is 12.7. The van der Waals surface area contributed by atoms with Crippen LogP contribution in [0.15, 0.2) is 35.7 Å². The molecule has 112 valence electrons. The third-order valence-electron chi connectivity index (χ3n) is 3.13. The molecule has 0 saturated carbocycles. The Bertz CT molecular complexity index is 584. The fraction of sp³-hybridized carbons (Fsp3) is 0.312. The quantitative estimate of drug-likeness (QED) is 0.853. The van der Waals surface area contributed by atoms with E-state index in [0.717, 1.165) is 12.0 Å². The standard InChI is InChI=1S/C16H18FNO2S/c1-20-15-6-4-12(11-14(15)17)5-7-16(19)18-9-8-13-3-2-10-21-13/h2-4,6,10-11H,5,7-9H2,1H3,(H,18,19). The molecule has 0 radical (unpaired) electrons. The molecular formula is C16H18FNO2S. The Morgan fingerprint density at radius 3 is 2.86 bits per heavy atom. The van der Waals surface area contributed by atoms with Crippen LogP contribution in [0.4, 0.5) is 4.39 Å². The maximum absolute atomic E-state index is 13.5. The number of carbonyl (C=O) groups excluding carboxylic acids is 1. The van der Waals surface area contributed by atoms with Gasteiger partial charge in [-0.15, -0.1) is 11.3 Å². The maximum atomic E-state index is 13.5. The molecular weight excluding hydrogens is 289 g/mol. The Kier molecular flexibility index (Phi) is 5.75. The molecule has 0 spiro atoms. The van der Waals surface area contributed by atoms with Crippen LogP contribution in [0.3, 0.4) is 0 Å². The van der Waals surface area contributed by atoms with Crippen molar-refractivity contribution in [2.45, 2.75) is 19.3 Å². The smallest absolute Gasteiger partial charge is 0.220 e. The van der Waals surface area contributed by atoms with Gasteiger partial charge in [0.25, 0.3) is 0 Å². The summed E-state index contributed by atoms with van der Waals surface area (Å²) in [4.78, 5) is 13.0. The highest BCUT2D eigenvalue weighted by Gasteiger charge is 2.06. The number of methoxy groups -OCH3 is 1. The van der Waals surface area contributed by atoms with Crippen LogP contribution < -0.4 is 10.1 Å². The van der Waals surface area contributed by atoms with Crippen LogP contribution in [0.25, 0.3) is 0 Å². The molecule has 1 aromatic heterocycles. The van der Waals surface area contributed by atoms with Gasteiger partial charge in [0.2, 0.25) is 5.91 Å². The number of nitrogens with one attached hydrogen (secondary N) is 1. The lowest BCUT2D eigenvalue weighted by atomic mass is 10.1. The number of hydrogen-bond acceptors (Lipinski definition) is 3. The Balaban J connectivity index is 1.72. The van der Waals surface area contributed by atoms with Crippen molar-refractivity contribution in [2.75, 3.05) is 13.7 Å². The number of ether oxygens (including phenoxy) is 1. The Hall–Kier alpha value is -1.88. The van der Waals surface area contributed by atoms with Gasteiger partial charge < -0.3 is 10.1 Å². The summed E-state index contributed by atoms with van der Waals surface area (Å²) in [6.07, 6.45) is 1.72. The average Bonchev–Trinajstić information content (AvgIpc) is 2.98. The van der Waals surface area contributed by atoms with Gasteiger partial charge in [-0.3, -0.25) is 4.79 Å². The van der Waals surface area contributed by atoms with Gasteiger partial charge in [-0.1, -0.05) is 12.1 Å². The summed E-state index contributed by atoms with van der Waals surface area (Å²) in [6, 6.07) is 8.83. The van der Waals surface area contributed by atoms with E-state index in [1.807, 2.05) is 11.4 Å². The van der Waals surface area contributed by atoms with Crippen LogP contribution in [0.1, 0.15) is 16.9 Å². The van der Waals surface area contributed by atoms with Crippen molar-refractivity contribution >= 4 is 17.2 Å². The van der Waals surface area contributed by atoms with E-state index >= 15 is 0 Å². The number of halogens is 1. The lowest BCUT2D eigenvalue weighted by Gasteiger charge is -2.06. The van der Waals surface area contributed by atoms with E-state index in [-0.39, 0.29) is 11.7 Å². The molecule has 1 amide bonds. The largest absolute Gasteiger partial charge is 0.494 e. The predicted octanol–water partition coefficient (Wildman–Crippen LogP) is 3.19. The molecule has 0 aliphatic heterocycles. The number of rotatable bonds is 7. The zero-order valence-electron chi connectivity index (χ0n) is 11.9. The molecule has 5 heteroatoms. The zero-order chi connectivity index (χ0) is 15.1. The van der Waals surface area contributed by atoms with E-state index in [2.05, 4.69) is 11.4 Å². The third-order valence-corrected chi connectivity index (χ3v) is 4.07. The van der Waals surface area contributed by atoms with Crippen molar-refractivity contribution in [3.63, 3.8) is 0 Å². The number of thiophene rings is 1. The molecule has 0 saturated heterocycles. The molecule has 2 rings (SSSR count). The van der Waals surface area contributed by atoms with Gasteiger partial charge in [0, 0.05) is 17.8 Å². The fourth-order valence-corrected chi connectivity index (χ4v) is 2.70. The summed E-state index contributed by atoms with van der Waals surface area (Å²) in [7, 11) is 1.43. The van der Waals surface area contributed by atoms with Crippen molar-refractivity contribution in [1.29, 1.82) is 0 Å². The van der Waals surface area contributed by atoms with E-state index in [9.17, 15) is 9.18 Å². The third kappa shape index (κ3) is 4.86. The van der Waals surface area contributed by atoms with Crippen LogP contribution in [0.2, 0.25) is 0 Å². The highest BCUT2D eigenvalue weighted by Crippen LogP contribution is 2.18. The van der Waals surface area contributed by atoms with E-state index in [1.54, 1.807) is 23.5 Å². The molecule has 1 heterocycles. The first-order valence-electron chi connectivity index (χ1n) is 6.80. The van der Waals surface area contributed by atoms with Crippen LogP contribution in [0.5, 0.6) is 5.75 Å². The minimum atomic E-state index is -0.395. The van der Waals surface area contributed by atoms with Crippen LogP contribution >= 0.6 is 11.3 Å². The number of amides is 1. The van der Waals surface area contributed by atoms with Crippen LogP contribution in [0, 0.1) is 5.82 Å². The second kappa shape index (κ2) is 7.78. The summed E-state index contributed by atoms with van der Waals surface area (Å²) in [6.45, 7) is 0.635. The molecule has 2 aromatic rings. The van der Waals surface area contributed by atoms with Crippen molar-refractivity contribution in [3.8, 4) is 5.75 Å². The van der Waals surface area contributed by atoms with E-state index in [1.165, 1.54) is 18.1 Å². The van der Waals surface area contributed by atoms with E-state index in [4.69, 9.17) is 4.74 Å². The van der Waals surface area contributed by atoms with Gasteiger partial charge in [0.1, 0.15) is 0 Å². The molecule has 0 atom stereocenters. The highest BCUT2D eigenvalue weighted by atomic mass is 32.1. The second-order valence-electron chi connectivity index (χ2n) is 4.65. The predicted molar refractivity (Wildman–Crippen MR) is 82.3 cm³/mol. The lowest BCUT2D eigenvalue weighted by molar-refractivity contribution is -0.121. The summed E-state index contributed by atoms with van der Waals surface area (Å²) in [5.74, 6) is -0.185. The highest BCUT2D eigenvalue weighted by molar-refractivity contribution is 7.09.